The summed E-state index contributed by atoms with van der Waals surface area (Å²) in [6, 6.07) is 0. The maximum absolute atomic E-state index is 10.8. The van der Waals surface area contributed by atoms with Gasteiger partial charge in [-0.3, -0.25) is 0 Å². The van der Waals surface area contributed by atoms with E-state index in [1.54, 1.807) is 0 Å². The molecule has 2 unspecified atom stereocenters. The highest BCUT2D eigenvalue weighted by Crippen LogP contribution is 2.57. The summed E-state index contributed by atoms with van der Waals surface area (Å²) < 4.78 is 5.60. The summed E-state index contributed by atoms with van der Waals surface area (Å²) >= 11 is 0. The first-order valence-corrected chi connectivity index (χ1v) is 4.49. The van der Waals surface area contributed by atoms with Crippen molar-refractivity contribution in [1.29, 1.82) is 0 Å². The van der Waals surface area contributed by atoms with Crippen LogP contribution < -0.4 is 0 Å². The molecule has 0 aromatic carbocycles. The lowest BCUT2D eigenvalue weighted by Gasteiger charge is -2.64. The highest BCUT2D eigenvalue weighted by atomic mass is 16.6. The molecule has 0 saturated carbocycles. The number of carbonyl (C=O) groups is 1. The van der Waals surface area contributed by atoms with E-state index in [1.807, 2.05) is 20.8 Å². The normalized spacial score (nSPS) is 45.1. The zero-order chi connectivity index (χ0) is 9.62. The molecule has 1 fully saturated rings. The zero-order valence-corrected chi connectivity index (χ0v) is 8.60. The molecule has 2 heteroatoms. The van der Waals surface area contributed by atoms with Crippen molar-refractivity contribution in [3.05, 3.63) is 0 Å². The van der Waals surface area contributed by atoms with Gasteiger partial charge in [0.2, 0.25) is 0 Å². The summed E-state index contributed by atoms with van der Waals surface area (Å²) in [5.41, 5.74) is -0.773. The first kappa shape index (κ1) is 9.72. The van der Waals surface area contributed by atoms with Gasteiger partial charge >= 0.3 is 0 Å². The molecular formula is C10H18O2. The Hall–Kier alpha value is -0.370. The Morgan fingerprint density at radius 1 is 1.25 bits per heavy atom. The molecule has 0 bridgehead atoms. The molecule has 1 heterocycles. The Labute approximate surface area is 74.3 Å². The Morgan fingerprint density at radius 2 is 1.75 bits per heavy atom. The molecule has 2 nitrogen and oxygen atoms in total. The monoisotopic (exact) mass is 170 g/mol. The largest absolute Gasteiger partial charge is 0.361 e. The molecule has 0 N–H and O–H groups in total. The molecule has 12 heavy (non-hydrogen) atoms. The molecule has 0 radical (unpaired) electrons. The smallest absolute Gasteiger partial charge is 0.152 e. The van der Waals surface area contributed by atoms with Crippen LogP contribution in [0.5, 0.6) is 0 Å². The van der Waals surface area contributed by atoms with Gasteiger partial charge in [-0.2, -0.15) is 0 Å². The molecule has 0 amide bonds. The lowest BCUT2D eigenvalue weighted by molar-refractivity contribution is -0.332. The second-order valence-electron chi connectivity index (χ2n) is 4.52. The first-order valence-electron chi connectivity index (χ1n) is 4.49. The number of carbonyl (C=O) groups excluding carboxylic acids is 1. The summed E-state index contributed by atoms with van der Waals surface area (Å²) in [5.74, 6) is 0. The minimum atomic E-state index is -0.578. The van der Waals surface area contributed by atoms with Crippen molar-refractivity contribution < 1.29 is 9.53 Å². The van der Waals surface area contributed by atoms with Crippen molar-refractivity contribution in [2.24, 2.45) is 5.41 Å². The van der Waals surface area contributed by atoms with Crippen LogP contribution in [0, 0.1) is 5.41 Å². The van der Waals surface area contributed by atoms with Crippen molar-refractivity contribution in [2.45, 2.75) is 52.2 Å². The summed E-state index contributed by atoms with van der Waals surface area (Å²) in [4.78, 5) is 10.8. The van der Waals surface area contributed by atoms with Gasteiger partial charge in [0, 0.05) is 5.41 Å². The minimum Gasteiger partial charge on any atom is -0.361 e. The molecule has 2 atom stereocenters. The molecule has 0 aliphatic carbocycles. The third-order valence-electron chi connectivity index (χ3n) is 3.82. The van der Waals surface area contributed by atoms with Gasteiger partial charge in [-0.15, -0.1) is 0 Å². The van der Waals surface area contributed by atoms with Crippen LogP contribution in [0.2, 0.25) is 0 Å². The van der Waals surface area contributed by atoms with Crippen molar-refractivity contribution in [1.82, 2.24) is 0 Å². The van der Waals surface area contributed by atoms with Crippen LogP contribution in [0.3, 0.4) is 0 Å². The summed E-state index contributed by atoms with van der Waals surface area (Å²) in [6.45, 7) is 10.2. The zero-order valence-electron chi connectivity index (χ0n) is 8.60. The predicted molar refractivity (Wildman–Crippen MR) is 48.0 cm³/mol. The minimum absolute atomic E-state index is 0.0260. The van der Waals surface area contributed by atoms with Crippen molar-refractivity contribution in [3.63, 3.8) is 0 Å². The van der Waals surface area contributed by atoms with Crippen LogP contribution in [-0.4, -0.2) is 17.5 Å². The van der Waals surface area contributed by atoms with E-state index in [0.29, 0.717) is 0 Å². The summed E-state index contributed by atoms with van der Waals surface area (Å²) in [6.07, 6.45) is 1.90. The van der Waals surface area contributed by atoms with E-state index >= 15 is 0 Å². The molecule has 1 aliphatic rings. The topological polar surface area (TPSA) is 26.3 Å². The number of aldehydes is 1. The molecule has 1 aliphatic heterocycles. The van der Waals surface area contributed by atoms with Gasteiger partial charge in [-0.1, -0.05) is 13.8 Å². The standard InChI is InChI=1S/C10H18O2/c1-6-9(4)8(2,3)12-10(9,5)7-11/h7H,6H2,1-5H3. The number of hydrogen-bond acceptors (Lipinski definition) is 2. The maximum Gasteiger partial charge on any atom is 0.152 e. The fourth-order valence-electron chi connectivity index (χ4n) is 2.24. The van der Waals surface area contributed by atoms with E-state index in [2.05, 4.69) is 13.8 Å². The van der Waals surface area contributed by atoms with Gasteiger partial charge in [0.1, 0.15) is 5.60 Å². The van der Waals surface area contributed by atoms with E-state index in [9.17, 15) is 4.79 Å². The maximum atomic E-state index is 10.8. The average Bonchev–Trinajstić information content (AvgIpc) is 2.01. The quantitative estimate of drug-likeness (QED) is 0.594. The van der Waals surface area contributed by atoms with Crippen molar-refractivity contribution in [3.8, 4) is 0 Å². The molecule has 0 spiro atoms. The van der Waals surface area contributed by atoms with Crippen LogP contribution in [0.25, 0.3) is 0 Å². The van der Waals surface area contributed by atoms with E-state index in [0.717, 1.165) is 12.7 Å². The Bertz CT molecular complexity index is 210. The average molecular weight is 170 g/mol. The third kappa shape index (κ3) is 0.817. The van der Waals surface area contributed by atoms with Crippen LogP contribution in [0.4, 0.5) is 0 Å². The summed E-state index contributed by atoms with van der Waals surface area (Å²) in [5, 5.41) is 0. The molecule has 0 aromatic heterocycles. The van der Waals surface area contributed by atoms with Crippen LogP contribution in [0.1, 0.15) is 41.0 Å². The van der Waals surface area contributed by atoms with Crippen LogP contribution >= 0.6 is 0 Å². The van der Waals surface area contributed by atoms with Gasteiger partial charge in [0.15, 0.2) is 6.29 Å². The lowest BCUT2D eigenvalue weighted by Crippen LogP contribution is -2.72. The van der Waals surface area contributed by atoms with Gasteiger partial charge in [-0.05, 0) is 27.2 Å². The molecule has 0 aromatic rings. The third-order valence-corrected chi connectivity index (χ3v) is 3.82. The van der Waals surface area contributed by atoms with Crippen molar-refractivity contribution >= 4 is 6.29 Å². The van der Waals surface area contributed by atoms with E-state index < -0.39 is 5.60 Å². The predicted octanol–water partition coefficient (Wildman–Crippen LogP) is 2.17. The second-order valence-corrected chi connectivity index (χ2v) is 4.52. The Morgan fingerprint density at radius 3 is 1.92 bits per heavy atom. The van der Waals surface area contributed by atoms with E-state index in [1.165, 1.54) is 0 Å². The van der Waals surface area contributed by atoms with Crippen LogP contribution in [0.15, 0.2) is 0 Å². The highest BCUT2D eigenvalue weighted by Gasteiger charge is 2.65. The number of rotatable bonds is 2. The number of hydrogen-bond donors (Lipinski definition) is 0. The summed E-state index contributed by atoms with van der Waals surface area (Å²) in [7, 11) is 0. The molecule has 1 saturated heterocycles. The van der Waals surface area contributed by atoms with E-state index in [4.69, 9.17) is 4.74 Å². The highest BCUT2D eigenvalue weighted by molar-refractivity contribution is 5.66. The van der Waals surface area contributed by atoms with Crippen molar-refractivity contribution in [2.75, 3.05) is 0 Å². The van der Waals surface area contributed by atoms with Gasteiger partial charge in [0.25, 0.3) is 0 Å². The molecule has 70 valence electrons. The lowest BCUT2D eigenvalue weighted by atomic mass is 9.57. The Kier molecular flexibility index (Phi) is 1.88. The molecular weight excluding hydrogens is 152 g/mol. The molecule has 1 rings (SSSR count). The SMILES string of the molecule is CCC1(C)C(C)(C)OC1(C)C=O. The van der Waals surface area contributed by atoms with Crippen LogP contribution in [-0.2, 0) is 9.53 Å². The number of ether oxygens (including phenoxy) is 1. The first-order chi connectivity index (χ1) is 5.33. The Balaban J connectivity index is 2.98. The van der Waals surface area contributed by atoms with Gasteiger partial charge in [-0.25, -0.2) is 0 Å². The van der Waals surface area contributed by atoms with E-state index in [-0.39, 0.29) is 11.0 Å². The fourth-order valence-corrected chi connectivity index (χ4v) is 2.24. The second kappa shape index (κ2) is 2.32. The van der Waals surface area contributed by atoms with Gasteiger partial charge in [0.05, 0.1) is 5.60 Å². The fraction of sp³-hybridized carbons (Fsp3) is 0.900. The van der Waals surface area contributed by atoms with Gasteiger partial charge < -0.3 is 9.53 Å².